The highest BCUT2D eigenvalue weighted by molar-refractivity contribution is 14.1. The third-order valence-electron chi connectivity index (χ3n) is 6.82. The number of benzene rings is 1. The number of hydrogen-bond donors (Lipinski definition) is 0. The van der Waals surface area contributed by atoms with Gasteiger partial charge in [0.2, 0.25) is 0 Å². The lowest BCUT2D eigenvalue weighted by atomic mass is 9.61. The minimum Gasteiger partial charge on any atom is -0.285 e. The Labute approximate surface area is 178 Å². The summed E-state index contributed by atoms with van der Waals surface area (Å²) in [5, 5.41) is 0. The van der Waals surface area contributed by atoms with E-state index in [1.807, 2.05) is 6.20 Å². The number of rotatable bonds is 2. The summed E-state index contributed by atoms with van der Waals surface area (Å²) < 4.78 is 2.39. The molecule has 6 rings (SSSR count). The van der Waals surface area contributed by atoms with Crippen LogP contribution >= 0.6 is 38.5 Å². The van der Waals surface area contributed by atoms with Crippen LogP contribution in [0.25, 0.3) is 0 Å². The van der Waals surface area contributed by atoms with E-state index >= 15 is 0 Å². The van der Waals surface area contributed by atoms with Crippen molar-refractivity contribution in [2.45, 2.75) is 57.2 Å². The summed E-state index contributed by atoms with van der Waals surface area (Å²) in [4.78, 5) is 7.69. The number of fused-ring (bicyclic) bond motifs is 3. The molecule has 0 saturated heterocycles. The van der Waals surface area contributed by atoms with Crippen LogP contribution in [0.3, 0.4) is 0 Å². The summed E-state index contributed by atoms with van der Waals surface area (Å²) in [5.74, 6) is 1.93. The molecule has 1 aromatic heterocycles. The van der Waals surface area contributed by atoms with Gasteiger partial charge in [-0.1, -0.05) is 6.07 Å². The molecule has 1 aliphatic heterocycles. The predicted molar refractivity (Wildman–Crippen MR) is 117 cm³/mol. The van der Waals surface area contributed by atoms with Gasteiger partial charge >= 0.3 is 0 Å². The molecule has 3 atom stereocenters. The average Bonchev–Trinajstić information content (AvgIpc) is 2.60. The molecule has 2 nitrogen and oxygen atoms in total. The lowest BCUT2D eigenvalue weighted by Crippen LogP contribution is -2.56. The molecule has 0 amide bonds. The van der Waals surface area contributed by atoms with Gasteiger partial charge in [-0.3, -0.25) is 9.88 Å². The molecule has 4 heteroatoms. The van der Waals surface area contributed by atoms with Crippen LogP contribution < -0.4 is 0 Å². The van der Waals surface area contributed by atoms with Crippen LogP contribution in [-0.2, 0) is 6.42 Å². The Hall–Kier alpha value is -0.460. The zero-order chi connectivity index (χ0) is 17.8. The smallest absolute Gasteiger partial charge is 0.0784 e. The molecule has 2 bridgehead atoms. The Kier molecular flexibility index (Phi) is 4.65. The van der Waals surface area contributed by atoms with E-state index in [1.165, 1.54) is 46.1 Å². The van der Waals surface area contributed by atoms with E-state index < -0.39 is 0 Å². The van der Waals surface area contributed by atoms with Crippen LogP contribution in [0.1, 0.15) is 55.5 Å². The first-order chi connectivity index (χ1) is 12.6. The molecule has 2 aromatic rings. The fourth-order valence-corrected chi connectivity index (χ4v) is 6.40. The highest BCUT2D eigenvalue weighted by Crippen LogP contribution is 2.51. The predicted octanol–water partition coefficient (Wildman–Crippen LogP) is 5.97. The van der Waals surface area contributed by atoms with Gasteiger partial charge in [0, 0.05) is 26.3 Å². The highest BCUT2D eigenvalue weighted by atomic mass is 127. The third-order valence-corrected chi connectivity index (χ3v) is 7.96. The number of halogens is 2. The van der Waals surface area contributed by atoms with Gasteiger partial charge in [-0.05, 0) is 125 Å². The molecule has 4 aliphatic rings. The van der Waals surface area contributed by atoms with Crippen LogP contribution in [0.15, 0.2) is 41.0 Å². The topological polar surface area (TPSA) is 16.1 Å². The molecule has 0 spiro atoms. The minimum absolute atomic E-state index is 0.293. The van der Waals surface area contributed by atoms with E-state index in [2.05, 4.69) is 80.7 Å². The molecule has 3 aliphatic carbocycles. The van der Waals surface area contributed by atoms with Crippen molar-refractivity contribution in [1.29, 1.82) is 0 Å². The standard InChI is InChI=1S/C22H24BrIN2/c1-13-8-15-11-18(24)4-5-19(15)22(20-6-3-17(23)12-25-20)26(13)21-7-2-14-9-16(21)10-14/h3-6,11-14,16,21-22H,2,7-10H2,1H3/t13-,14?,16?,21?,22+/m1/s1. The monoisotopic (exact) mass is 522 g/mol. The number of hydrogen-bond acceptors (Lipinski definition) is 2. The van der Waals surface area contributed by atoms with Gasteiger partial charge in [0.15, 0.2) is 0 Å². The third kappa shape index (κ3) is 2.96. The fraction of sp³-hybridized carbons (Fsp3) is 0.500. The van der Waals surface area contributed by atoms with Crippen LogP contribution in [-0.4, -0.2) is 22.0 Å². The summed E-state index contributed by atoms with van der Waals surface area (Å²) in [5.41, 5.74) is 4.18. The first kappa shape index (κ1) is 17.6. The van der Waals surface area contributed by atoms with Gasteiger partial charge in [0.25, 0.3) is 0 Å². The molecule has 0 N–H and O–H groups in total. The van der Waals surface area contributed by atoms with E-state index in [4.69, 9.17) is 4.98 Å². The van der Waals surface area contributed by atoms with Gasteiger partial charge in [-0.15, -0.1) is 0 Å². The van der Waals surface area contributed by atoms with E-state index in [9.17, 15) is 0 Å². The van der Waals surface area contributed by atoms with Crippen molar-refractivity contribution in [2.75, 3.05) is 0 Å². The zero-order valence-corrected chi connectivity index (χ0v) is 18.8. The van der Waals surface area contributed by atoms with Crippen LogP contribution in [0.4, 0.5) is 0 Å². The largest absolute Gasteiger partial charge is 0.285 e. The normalized spacial score (nSPS) is 33.4. The lowest BCUT2D eigenvalue weighted by molar-refractivity contribution is -0.0358. The summed E-state index contributed by atoms with van der Waals surface area (Å²) in [6.45, 7) is 2.43. The van der Waals surface area contributed by atoms with Crippen molar-refractivity contribution in [1.82, 2.24) is 9.88 Å². The summed E-state index contributed by atoms with van der Waals surface area (Å²) >= 11 is 5.99. The van der Waals surface area contributed by atoms with Crippen molar-refractivity contribution in [3.63, 3.8) is 0 Å². The van der Waals surface area contributed by atoms with Crippen LogP contribution in [0, 0.1) is 15.4 Å². The van der Waals surface area contributed by atoms with Crippen LogP contribution in [0.2, 0.25) is 0 Å². The Balaban J connectivity index is 1.61. The quantitative estimate of drug-likeness (QED) is 0.451. The average molecular weight is 523 g/mol. The maximum absolute atomic E-state index is 4.85. The fourth-order valence-electron chi connectivity index (χ4n) is 5.61. The van der Waals surface area contributed by atoms with Gasteiger partial charge in [-0.2, -0.15) is 0 Å². The number of nitrogens with zero attached hydrogens (tertiary/aromatic N) is 2. The summed E-state index contributed by atoms with van der Waals surface area (Å²) in [6, 6.07) is 12.9. The van der Waals surface area contributed by atoms with Gasteiger partial charge in [0.05, 0.1) is 11.7 Å². The molecular formula is C22H24BrIN2. The molecular weight excluding hydrogens is 499 g/mol. The van der Waals surface area contributed by atoms with E-state index in [0.717, 1.165) is 28.8 Å². The Morgan fingerprint density at radius 3 is 2.69 bits per heavy atom. The van der Waals surface area contributed by atoms with E-state index in [1.54, 1.807) is 0 Å². The molecule has 0 radical (unpaired) electrons. The minimum atomic E-state index is 0.293. The Morgan fingerprint density at radius 1 is 1.15 bits per heavy atom. The molecule has 1 aromatic carbocycles. The maximum atomic E-state index is 4.85. The highest BCUT2D eigenvalue weighted by Gasteiger charge is 2.47. The second-order valence-corrected chi connectivity index (χ2v) is 10.6. The van der Waals surface area contributed by atoms with Crippen LogP contribution in [0.5, 0.6) is 0 Å². The van der Waals surface area contributed by atoms with E-state index in [-0.39, 0.29) is 0 Å². The summed E-state index contributed by atoms with van der Waals surface area (Å²) in [6.07, 6.45) is 8.81. The van der Waals surface area contributed by atoms with Crippen molar-refractivity contribution in [2.24, 2.45) is 11.8 Å². The van der Waals surface area contributed by atoms with Crippen molar-refractivity contribution in [3.05, 3.63) is 61.4 Å². The van der Waals surface area contributed by atoms with Crippen molar-refractivity contribution in [3.8, 4) is 0 Å². The number of aromatic nitrogens is 1. The van der Waals surface area contributed by atoms with Gasteiger partial charge in [-0.25, -0.2) is 0 Å². The molecule has 3 saturated carbocycles. The molecule has 136 valence electrons. The SMILES string of the molecule is C[C@@H]1Cc2cc(I)ccc2[C@@H](c2ccc(Br)cn2)N1C1CCC2CC1C2. The zero-order valence-electron chi connectivity index (χ0n) is 15.0. The lowest BCUT2D eigenvalue weighted by Gasteiger charge is -2.55. The van der Waals surface area contributed by atoms with Crippen molar-refractivity contribution < 1.29 is 0 Å². The second-order valence-electron chi connectivity index (χ2n) is 8.39. The van der Waals surface area contributed by atoms with Gasteiger partial charge in [0.1, 0.15) is 0 Å². The van der Waals surface area contributed by atoms with Gasteiger partial charge < -0.3 is 0 Å². The summed E-state index contributed by atoms with van der Waals surface area (Å²) in [7, 11) is 0. The molecule has 1 unspecified atom stereocenters. The Bertz CT molecular complexity index is 813. The second kappa shape index (κ2) is 6.85. The van der Waals surface area contributed by atoms with Crippen molar-refractivity contribution >= 4 is 38.5 Å². The first-order valence-electron chi connectivity index (χ1n) is 9.77. The first-order valence-corrected chi connectivity index (χ1v) is 11.6. The molecule has 2 heterocycles. The molecule has 26 heavy (non-hydrogen) atoms. The Morgan fingerprint density at radius 2 is 2.00 bits per heavy atom. The van der Waals surface area contributed by atoms with E-state index in [0.29, 0.717) is 12.1 Å². The number of pyridine rings is 1. The molecule has 3 fully saturated rings. The maximum Gasteiger partial charge on any atom is 0.0784 e.